The molecule has 0 saturated heterocycles. The predicted molar refractivity (Wildman–Crippen MR) is 93.6 cm³/mol. The maximum Gasteiger partial charge on any atom is 0.292 e. The van der Waals surface area contributed by atoms with Gasteiger partial charge in [0.2, 0.25) is 11.8 Å². The van der Waals surface area contributed by atoms with E-state index in [2.05, 4.69) is 10.6 Å². The van der Waals surface area contributed by atoms with Gasteiger partial charge in [-0.2, -0.15) is 0 Å². The van der Waals surface area contributed by atoms with Gasteiger partial charge in [-0.15, -0.1) is 0 Å². The lowest BCUT2D eigenvalue weighted by molar-refractivity contribution is -0.384. The van der Waals surface area contributed by atoms with E-state index in [1.54, 1.807) is 42.5 Å². The number of nitro benzene ring substituents is 1. The molecule has 0 saturated carbocycles. The molecule has 0 aromatic heterocycles. The summed E-state index contributed by atoms with van der Waals surface area (Å²) in [4.78, 5) is 36.2. The number of amides is 2. The molecule has 1 aliphatic rings. The number of hydrogen-bond acceptors (Lipinski definition) is 5. The Bertz CT molecular complexity index is 837. The Kier molecular flexibility index (Phi) is 4.60. The summed E-state index contributed by atoms with van der Waals surface area (Å²) in [7, 11) is 0. The van der Waals surface area contributed by atoms with E-state index in [0.717, 1.165) is 0 Å². The first-order valence-electron chi connectivity index (χ1n) is 7.73. The van der Waals surface area contributed by atoms with Crippen molar-refractivity contribution in [1.29, 1.82) is 0 Å². The Morgan fingerprint density at radius 1 is 1.20 bits per heavy atom. The van der Waals surface area contributed by atoms with Gasteiger partial charge in [-0.05, 0) is 18.2 Å². The third-order valence-corrected chi connectivity index (χ3v) is 3.83. The molecule has 0 radical (unpaired) electrons. The Morgan fingerprint density at radius 2 is 1.92 bits per heavy atom. The fraction of sp³-hybridized carbons (Fsp3) is 0.176. The van der Waals surface area contributed by atoms with Crippen LogP contribution in [0.2, 0.25) is 0 Å². The highest BCUT2D eigenvalue weighted by molar-refractivity contribution is 6.09. The first-order valence-corrected chi connectivity index (χ1v) is 7.73. The van der Waals surface area contributed by atoms with Gasteiger partial charge in [-0.1, -0.05) is 24.3 Å². The predicted octanol–water partition coefficient (Wildman–Crippen LogP) is 2.38. The molecule has 8 nitrogen and oxygen atoms in total. The van der Waals surface area contributed by atoms with Crippen LogP contribution in [0.25, 0.3) is 0 Å². The summed E-state index contributed by atoms with van der Waals surface area (Å²) in [5, 5.41) is 16.6. The molecule has 0 unspecified atom stereocenters. The van der Waals surface area contributed by atoms with E-state index in [0.29, 0.717) is 17.1 Å². The van der Waals surface area contributed by atoms with Crippen molar-refractivity contribution < 1.29 is 14.5 Å². The van der Waals surface area contributed by atoms with Crippen molar-refractivity contribution in [2.45, 2.75) is 6.42 Å². The van der Waals surface area contributed by atoms with Crippen LogP contribution >= 0.6 is 0 Å². The molecule has 128 valence electrons. The van der Waals surface area contributed by atoms with Crippen LogP contribution in [0.15, 0.2) is 48.5 Å². The summed E-state index contributed by atoms with van der Waals surface area (Å²) in [5.41, 5.74) is 1.56. The summed E-state index contributed by atoms with van der Waals surface area (Å²) < 4.78 is 0. The SMILES string of the molecule is O=C1CN(C(=O)CCNc2ccccc2[N+](=O)[O-])c2ccccc2N1. The normalized spacial score (nSPS) is 13.0. The molecule has 1 heterocycles. The number of hydrogen-bond donors (Lipinski definition) is 2. The second kappa shape index (κ2) is 7.00. The fourth-order valence-electron chi connectivity index (χ4n) is 2.68. The van der Waals surface area contributed by atoms with E-state index in [4.69, 9.17) is 0 Å². The van der Waals surface area contributed by atoms with Crippen molar-refractivity contribution in [2.24, 2.45) is 0 Å². The van der Waals surface area contributed by atoms with Crippen LogP contribution in [0.1, 0.15) is 6.42 Å². The first-order chi connectivity index (χ1) is 12.1. The zero-order valence-corrected chi connectivity index (χ0v) is 13.3. The lowest BCUT2D eigenvalue weighted by atomic mass is 10.1. The highest BCUT2D eigenvalue weighted by atomic mass is 16.6. The van der Waals surface area contributed by atoms with Gasteiger partial charge in [-0.3, -0.25) is 19.7 Å². The molecule has 0 atom stereocenters. The third kappa shape index (κ3) is 3.57. The summed E-state index contributed by atoms with van der Waals surface area (Å²) >= 11 is 0. The molecule has 2 aromatic carbocycles. The molecule has 0 spiro atoms. The van der Waals surface area contributed by atoms with E-state index < -0.39 is 4.92 Å². The Labute approximate surface area is 143 Å². The number of para-hydroxylation sites is 4. The fourth-order valence-corrected chi connectivity index (χ4v) is 2.68. The van der Waals surface area contributed by atoms with E-state index in [-0.39, 0.29) is 37.0 Å². The topological polar surface area (TPSA) is 105 Å². The Balaban J connectivity index is 1.66. The number of nitro groups is 1. The summed E-state index contributed by atoms with van der Waals surface area (Å²) in [6.07, 6.45) is 0.105. The van der Waals surface area contributed by atoms with Crippen molar-refractivity contribution >= 4 is 34.6 Å². The molecule has 1 aliphatic heterocycles. The zero-order valence-electron chi connectivity index (χ0n) is 13.3. The van der Waals surface area contributed by atoms with Gasteiger partial charge < -0.3 is 15.5 Å². The number of nitrogens with zero attached hydrogens (tertiary/aromatic N) is 2. The second-order valence-electron chi connectivity index (χ2n) is 5.50. The number of rotatable bonds is 5. The lowest BCUT2D eigenvalue weighted by Crippen LogP contribution is -2.42. The standard InChI is InChI=1S/C17H16N4O4/c22-16-11-20(14-7-3-2-6-13(14)19-16)17(23)9-10-18-12-5-1-4-8-15(12)21(24)25/h1-8,18H,9-11H2,(H,19,22). The largest absolute Gasteiger partial charge is 0.379 e. The number of carbonyl (C=O) groups excluding carboxylic acids is 2. The van der Waals surface area contributed by atoms with Gasteiger partial charge >= 0.3 is 0 Å². The number of nitrogens with one attached hydrogen (secondary N) is 2. The van der Waals surface area contributed by atoms with Crippen LogP contribution in [0.3, 0.4) is 0 Å². The number of fused-ring (bicyclic) bond motifs is 1. The molecule has 2 N–H and O–H groups in total. The molecule has 0 aliphatic carbocycles. The molecule has 0 bridgehead atoms. The quantitative estimate of drug-likeness (QED) is 0.642. The van der Waals surface area contributed by atoms with E-state index >= 15 is 0 Å². The molecule has 2 amide bonds. The minimum atomic E-state index is -0.477. The van der Waals surface area contributed by atoms with Crippen LogP contribution in [-0.4, -0.2) is 29.8 Å². The monoisotopic (exact) mass is 340 g/mol. The molecule has 0 fully saturated rings. The highest BCUT2D eigenvalue weighted by Crippen LogP contribution is 2.29. The van der Waals surface area contributed by atoms with Gasteiger partial charge in [0, 0.05) is 19.0 Å². The third-order valence-electron chi connectivity index (χ3n) is 3.83. The average Bonchev–Trinajstić information content (AvgIpc) is 2.61. The van der Waals surface area contributed by atoms with Crippen molar-refractivity contribution in [3.63, 3.8) is 0 Å². The van der Waals surface area contributed by atoms with Crippen molar-refractivity contribution in [2.75, 3.05) is 28.6 Å². The molecule has 2 aromatic rings. The number of carbonyl (C=O) groups is 2. The number of benzene rings is 2. The first kappa shape index (κ1) is 16.4. The highest BCUT2D eigenvalue weighted by Gasteiger charge is 2.26. The molecular weight excluding hydrogens is 324 g/mol. The maximum atomic E-state index is 12.5. The van der Waals surface area contributed by atoms with E-state index in [9.17, 15) is 19.7 Å². The Morgan fingerprint density at radius 3 is 2.72 bits per heavy atom. The molecule has 8 heteroatoms. The van der Waals surface area contributed by atoms with Gasteiger partial charge in [0.1, 0.15) is 12.2 Å². The van der Waals surface area contributed by atoms with Crippen molar-refractivity contribution in [3.05, 3.63) is 58.6 Å². The van der Waals surface area contributed by atoms with Crippen molar-refractivity contribution in [3.8, 4) is 0 Å². The second-order valence-corrected chi connectivity index (χ2v) is 5.50. The van der Waals surface area contributed by atoms with Crippen molar-refractivity contribution in [1.82, 2.24) is 0 Å². The van der Waals surface area contributed by atoms with E-state index in [1.165, 1.54) is 11.0 Å². The van der Waals surface area contributed by atoms with Gasteiger partial charge in [0.15, 0.2) is 0 Å². The molecule has 3 rings (SSSR count). The van der Waals surface area contributed by atoms with Crippen LogP contribution in [0.4, 0.5) is 22.7 Å². The summed E-state index contributed by atoms with van der Waals surface area (Å²) in [5.74, 6) is -0.480. The van der Waals surface area contributed by atoms with Gasteiger partial charge in [0.05, 0.1) is 16.3 Å². The maximum absolute atomic E-state index is 12.5. The Hall–Kier alpha value is -3.42. The minimum absolute atomic E-state index is 0.0403. The molecular formula is C17H16N4O4. The van der Waals surface area contributed by atoms with Crippen LogP contribution in [0, 0.1) is 10.1 Å². The van der Waals surface area contributed by atoms with Crippen LogP contribution in [0.5, 0.6) is 0 Å². The summed E-state index contributed by atoms with van der Waals surface area (Å²) in [6.45, 7) is 0.186. The van der Waals surface area contributed by atoms with E-state index in [1.807, 2.05) is 0 Å². The minimum Gasteiger partial charge on any atom is -0.379 e. The smallest absolute Gasteiger partial charge is 0.292 e. The lowest BCUT2D eigenvalue weighted by Gasteiger charge is -2.29. The molecule has 25 heavy (non-hydrogen) atoms. The van der Waals surface area contributed by atoms with Gasteiger partial charge in [0.25, 0.3) is 5.69 Å². The average molecular weight is 340 g/mol. The van der Waals surface area contributed by atoms with Crippen LogP contribution in [-0.2, 0) is 9.59 Å². The zero-order chi connectivity index (χ0) is 17.8. The number of anilines is 3. The van der Waals surface area contributed by atoms with Crippen LogP contribution < -0.4 is 15.5 Å². The summed E-state index contributed by atoms with van der Waals surface area (Å²) in [6, 6.07) is 13.3. The van der Waals surface area contributed by atoms with Gasteiger partial charge in [-0.25, -0.2) is 0 Å².